The van der Waals surface area contributed by atoms with Crippen molar-refractivity contribution in [2.75, 3.05) is 4.90 Å². The molecule has 0 aliphatic carbocycles. The summed E-state index contributed by atoms with van der Waals surface area (Å²) in [5.41, 5.74) is 9.96. The lowest BCUT2D eigenvalue weighted by Crippen LogP contribution is -2.10. The first kappa shape index (κ1) is 27.9. The van der Waals surface area contributed by atoms with E-state index in [9.17, 15) is 0 Å². The molecule has 9 rings (SSSR count). The quantitative estimate of drug-likeness (QED) is 0.174. The summed E-state index contributed by atoms with van der Waals surface area (Å²) in [7, 11) is 0. The molecule has 0 spiro atoms. The molecule has 2 heteroatoms. The molecule has 0 bridgehead atoms. The smallest absolute Gasteiger partial charge is 0.136 e. The molecule has 9 aromatic rings. The summed E-state index contributed by atoms with van der Waals surface area (Å²) < 4.78 is 6.31. The molecule has 1 heterocycles. The second kappa shape index (κ2) is 11.8. The predicted molar refractivity (Wildman–Crippen MR) is 202 cm³/mol. The summed E-state index contributed by atoms with van der Waals surface area (Å²) in [5, 5.41) is 6.03. The van der Waals surface area contributed by atoms with Gasteiger partial charge in [0.2, 0.25) is 0 Å². The van der Waals surface area contributed by atoms with Gasteiger partial charge >= 0.3 is 0 Å². The fourth-order valence-electron chi connectivity index (χ4n) is 6.96. The van der Waals surface area contributed by atoms with E-state index in [0.29, 0.717) is 0 Å². The SMILES string of the molecule is c1ccc(-c2cccc(N(c3ccc(-c4ccccc4-c4cc5ccccc5o4)cc3)c3cc4ccccc4c4ccccc34)c2)cc1. The maximum atomic E-state index is 6.31. The van der Waals surface area contributed by atoms with Crippen LogP contribution in [0.2, 0.25) is 0 Å². The van der Waals surface area contributed by atoms with Crippen LogP contribution in [0.4, 0.5) is 17.1 Å². The maximum Gasteiger partial charge on any atom is 0.136 e. The van der Waals surface area contributed by atoms with E-state index in [2.05, 4.69) is 175 Å². The molecule has 48 heavy (non-hydrogen) atoms. The van der Waals surface area contributed by atoms with E-state index in [-0.39, 0.29) is 0 Å². The Morgan fingerprint density at radius 1 is 0.354 bits per heavy atom. The zero-order chi connectivity index (χ0) is 31.9. The average Bonchev–Trinajstić information content (AvgIpc) is 3.60. The van der Waals surface area contributed by atoms with Crippen LogP contribution in [0.1, 0.15) is 0 Å². The summed E-state index contributed by atoms with van der Waals surface area (Å²) >= 11 is 0. The Hall–Kier alpha value is -6.38. The van der Waals surface area contributed by atoms with E-state index in [1.807, 2.05) is 18.2 Å². The van der Waals surface area contributed by atoms with Gasteiger partial charge in [-0.05, 0) is 80.9 Å². The highest BCUT2D eigenvalue weighted by molar-refractivity contribution is 6.14. The van der Waals surface area contributed by atoms with Gasteiger partial charge in [0.15, 0.2) is 0 Å². The number of benzene rings is 8. The van der Waals surface area contributed by atoms with Gasteiger partial charge in [-0.1, -0.05) is 146 Å². The van der Waals surface area contributed by atoms with Crippen LogP contribution in [-0.4, -0.2) is 0 Å². The molecular formula is C46H31NO. The van der Waals surface area contributed by atoms with E-state index in [0.717, 1.165) is 50.5 Å². The molecule has 0 aliphatic heterocycles. The lowest BCUT2D eigenvalue weighted by atomic mass is 9.96. The number of fused-ring (bicyclic) bond motifs is 4. The van der Waals surface area contributed by atoms with Crippen molar-refractivity contribution in [1.82, 2.24) is 0 Å². The van der Waals surface area contributed by atoms with Gasteiger partial charge in [-0.25, -0.2) is 0 Å². The molecule has 8 aromatic carbocycles. The monoisotopic (exact) mass is 613 g/mol. The van der Waals surface area contributed by atoms with E-state index < -0.39 is 0 Å². The molecule has 0 N–H and O–H groups in total. The molecule has 0 aliphatic rings. The number of para-hydroxylation sites is 1. The first-order valence-corrected chi connectivity index (χ1v) is 16.3. The third kappa shape index (κ3) is 4.92. The Balaban J connectivity index is 1.21. The zero-order valence-electron chi connectivity index (χ0n) is 26.3. The predicted octanol–water partition coefficient (Wildman–Crippen LogP) is 13.2. The van der Waals surface area contributed by atoms with Crippen molar-refractivity contribution < 1.29 is 4.42 Å². The number of rotatable bonds is 6. The second-order valence-corrected chi connectivity index (χ2v) is 12.2. The van der Waals surface area contributed by atoms with Crippen molar-refractivity contribution in [1.29, 1.82) is 0 Å². The summed E-state index contributed by atoms with van der Waals surface area (Å²) in [4.78, 5) is 2.40. The Labute approximate surface area is 279 Å². The minimum atomic E-state index is 0.873. The van der Waals surface area contributed by atoms with Crippen LogP contribution >= 0.6 is 0 Å². The van der Waals surface area contributed by atoms with Crippen molar-refractivity contribution in [3.8, 4) is 33.6 Å². The standard InChI is InChI=1S/C46H31NO/c1-2-13-32(14-3-1)34-17-12-18-38(29-34)47(44-30-35-15-4-6-20-40(35)41-21-8-9-22-42(41)44)37-27-25-33(26-28-37)39-19-7-10-23-43(39)46-31-36-16-5-11-24-45(36)48-46/h1-31H. The number of anilines is 3. The van der Waals surface area contributed by atoms with Gasteiger partial charge in [-0.2, -0.15) is 0 Å². The van der Waals surface area contributed by atoms with Gasteiger partial charge in [0.05, 0.1) is 5.69 Å². The first-order chi connectivity index (χ1) is 23.8. The van der Waals surface area contributed by atoms with Crippen LogP contribution in [-0.2, 0) is 0 Å². The molecule has 0 amide bonds. The number of hydrogen-bond acceptors (Lipinski definition) is 2. The molecule has 0 fully saturated rings. The molecule has 226 valence electrons. The highest BCUT2D eigenvalue weighted by Crippen LogP contribution is 2.44. The van der Waals surface area contributed by atoms with E-state index in [1.54, 1.807) is 0 Å². The molecule has 0 saturated heterocycles. The van der Waals surface area contributed by atoms with Gasteiger partial charge in [-0.15, -0.1) is 0 Å². The van der Waals surface area contributed by atoms with Crippen molar-refractivity contribution in [3.63, 3.8) is 0 Å². The zero-order valence-corrected chi connectivity index (χ0v) is 26.3. The lowest BCUT2D eigenvalue weighted by molar-refractivity contribution is 0.632. The summed E-state index contributed by atoms with van der Waals surface area (Å²) in [6, 6.07) is 66.9. The van der Waals surface area contributed by atoms with Crippen molar-refractivity contribution in [2.24, 2.45) is 0 Å². The average molecular weight is 614 g/mol. The van der Waals surface area contributed by atoms with E-state index in [1.165, 1.54) is 32.7 Å². The van der Waals surface area contributed by atoms with Gasteiger partial charge in [0, 0.05) is 27.7 Å². The molecule has 0 atom stereocenters. The Morgan fingerprint density at radius 3 is 1.81 bits per heavy atom. The fourth-order valence-corrected chi connectivity index (χ4v) is 6.96. The van der Waals surface area contributed by atoms with Crippen LogP contribution in [0.25, 0.3) is 66.1 Å². The Bertz CT molecular complexity index is 2530. The van der Waals surface area contributed by atoms with Crippen LogP contribution in [0.5, 0.6) is 0 Å². The summed E-state index contributed by atoms with van der Waals surface area (Å²) in [5.74, 6) is 0.873. The molecule has 0 radical (unpaired) electrons. The van der Waals surface area contributed by atoms with Crippen LogP contribution in [0.3, 0.4) is 0 Å². The van der Waals surface area contributed by atoms with E-state index >= 15 is 0 Å². The molecule has 0 saturated carbocycles. The van der Waals surface area contributed by atoms with Crippen molar-refractivity contribution in [2.45, 2.75) is 0 Å². The van der Waals surface area contributed by atoms with E-state index in [4.69, 9.17) is 4.42 Å². The summed E-state index contributed by atoms with van der Waals surface area (Å²) in [6.07, 6.45) is 0. The van der Waals surface area contributed by atoms with Crippen LogP contribution in [0.15, 0.2) is 192 Å². The maximum absolute atomic E-state index is 6.31. The van der Waals surface area contributed by atoms with Crippen molar-refractivity contribution >= 4 is 49.6 Å². The normalized spacial score (nSPS) is 11.3. The highest BCUT2D eigenvalue weighted by Gasteiger charge is 2.19. The first-order valence-electron chi connectivity index (χ1n) is 16.3. The Morgan fingerprint density at radius 2 is 1.00 bits per heavy atom. The summed E-state index contributed by atoms with van der Waals surface area (Å²) in [6.45, 7) is 0. The molecular weight excluding hydrogens is 583 g/mol. The Kier molecular flexibility index (Phi) is 6.84. The van der Waals surface area contributed by atoms with Gasteiger partial charge in [-0.3, -0.25) is 0 Å². The van der Waals surface area contributed by atoms with Gasteiger partial charge < -0.3 is 9.32 Å². The van der Waals surface area contributed by atoms with Gasteiger partial charge in [0.25, 0.3) is 0 Å². The number of hydrogen-bond donors (Lipinski definition) is 0. The van der Waals surface area contributed by atoms with Crippen LogP contribution < -0.4 is 4.90 Å². The molecule has 0 unspecified atom stereocenters. The largest absolute Gasteiger partial charge is 0.456 e. The van der Waals surface area contributed by atoms with Crippen LogP contribution in [0, 0.1) is 0 Å². The minimum absolute atomic E-state index is 0.873. The molecule has 1 aromatic heterocycles. The number of nitrogens with zero attached hydrogens (tertiary/aromatic N) is 1. The van der Waals surface area contributed by atoms with Crippen molar-refractivity contribution in [3.05, 3.63) is 188 Å². The highest BCUT2D eigenvalue weighted by atomic mass is 16.3. The topological polar surface area (TPSA) is 16.4 Å². The van der Waals surface area contributed by atoms with Gasteiger partial charge in [0.1, 0.15) is 11.3 Å². The minimum Gasteiger partial charge on any atom is -0.456 e. The number of furan rings is 1. The molecule has 2 nitrogen and oxygen atoms in total. The third-order valence-electron chi connectivity index (χ3n) is 9.25. The fraction of sp³-hybridized carbons (Fsp3) is 0. The second-order valence-electron chi connectivity index (χ2n) is 12.2. The third-order valence-corrected chi connectivity index (χ3v) is 9.25. The lowest BCUT2D eigenvalue weighted by Gasteiger charge is -2.28.